The number of carbonyl (C=O) groups excluding carboxylic acids is 1. The van der Waals surface area contributed by atoms with Crippen molar-refractivity contribution in [2.45, 2.75) is 44.6 Å². The van der Waals surface area contributed by atoms with Gasteiger partial charge in [0, 0.05) is 0 Å². The Bertz CT molecular complexity index is 228. The first kappa shape index (κ1) is 12.0. The van der Waals surface area contributed by atoms with Crippen LogP contribution in [0, 0.1) is 11.3 Å². The summed E-state index contributed by atoms with van der Waals surface area (Å²) < 4.78 is 10.3. The minimum atomic E-state index is -0.468. The fourth-order valence-corrected chi connectivity index (χ4v) is 1.72. The van der Waals surface area contributed by atoms with Crippen molar-refractivity contribution in [3.8, 4) is 6.07 Å². The van der Waals surface area contributed by atoms with E-state index < -0.39 is 5.97 Å². The maximum absolute atomic E-state index is 10.8. The van der Waals surface area contributed by atoms with Gasteiger partial charge in [-0.3, -0.25) is 4.79 Å². The summed E-state index contributed by atoms with van der Waals surface area (Å²) in [5, 5.41) is 8.21. The normalized spacial score (nSPS) is 17.0. The Morgan fingerprint density at radius 3 is 2.67 bits per heavy atom. The lowest BCUT2D eigenvalue weighted by Crippen LogP contribution is -2.20. The summed E-state index contributed by atoms with van der Waals surface area (Å²) in [6.07, 6.45) is 6.17. The smallest absolute Gasteiger partial charge is 0.320 e. The van der Waals surface area contributed by atoms with Gasteiger partial charge in [0.2, 0.25) is 0 Å². The van der Waals surface area contributed by atoms with Gasteiger partial charge in [0.1, 0.15) is 13.0 Å². The molecule has 0 aromatic rings. The number of nitrogens with zero attached hydrogens (tertiary/aromatic N) is 1. The molecule has 0 aliphatic heterocycles. The van der Waals surface area contributed by atoms with Gasteiger partial charge in [0.25, 0.3) is 0 Å². The Hall–Kier alpha value is -1.08. The van der Waals surface area contributed by atoms with E-state index in [0.717, 1.165) is 12.8 Å². The third-order valence-electron chi connectivity index (χ3n) is 2.48. The molecule has 0 unspecified atom stereocenters. The quantitative estimate of drug-likeness (QED) is 0.514. The number of hydrogen-bond acceptors (Lipinski definition) is 4. The van der Waals surface area contributed by atoms with Crippen LogP contribution in [-0.2, 0) is 14.3 Å². The van der Waals surface area contributed by atoms with E-state index >= 15 is 0 Å². The van der Waals surface area contributed by atoms with Gasteiger partial charge in [-0.1, -0.05) is 19.3 Å². The van der Waals surface area contributed by atoms with E-state index in [1.807, 2.05) is 0 Å². The molecular formula is C11H17NO3. The summed E-state index contributed by atoms with van der Waals surface area (Å²) >= 11 is 0. The molecule has 0 saturated heterocycles. The minimum Gasteiger partial charge on any atom is -0.462 e. The van der Waals surface area contributed by atoms with E-state index in [0.29, 0.717) is 12.7 Å². The van der Waals surface area contributed by atoms with E-state index in [-0.39, 0.29) is 13.0 Å². The molecule has 0 spiro atoms. The lowest BCUT2D eigenvalue weighted by atomic mass is 9.98. The highest BCUT2D eigenvalue weighted by atomic mass is 16.6. The van der Waals surface area contributed by atoms with Crippen LogP contribution < -0.4 is 0 Å². The molecule has 1 aliphatic rings. The summed E-state index contributed by atoms with van der Waals surface area (Å²) in [4.78, 5) is 10.8. The zero-order valence-electron chi connectivity index (χ0n) is 8.91. The van der Waals surface area contributed by atoms with E-state index in [4.69, 9.17) is 14.7 Å². The van der Waals surface area contributed by atoms with Gasteiger partial charge in [-0.25, -0.2) is 0 Å². The van der Waals surface area contributed by atoms with Crippen LogP contribution in [0.15, 0.2) is 0 Å². The van der Waals surface area contributed by atoms with Gasteiger partial charge in [-0.2, -0.15) is 5.26 Å². The Morgan fingerprint density at radius 1 is 1.27 bits per heavy atom. The molecule has 84 valence electrons. The lowest BCUT2D eigenvalue weighted by Gasteiger charge is -2.21. The largest absolute Gasteiger partial charge is 0.462 e. The van der Waals surface area contributed by atoms with E-state index in [1.165, 1.54) is 19.3 Å². The highest BCUT2D eigenvalue weighted by Crippen LogP contribution is 2.19. The van der Waals surface area contributed by atoms with Crippen LogP contribution in [0.2, 0.25) is 0 Å². The first-order valence-corrected chi connectivity index (χ1v) is 5.47. The highest BCUT2D eigenvalue weighted by Gasteiger charge is 2.13. The fraction of sp³-hybridized carbons (Fsp3) is 0.818. The van der Waals surface area contributed by atoms with Crippen LogP contribution in [0.1, 0.15) is 38.5 Å². The second-order valence-electron chi connectivity index (χ2n) is 3.69. The maximum atomic E-state index is 10.8. The van der Waals surface area contributed by atoms with Crippen molar-refractivity contribution in [1.29, 1.82) is 5.26 Å². The van der Waals surface area contributed by atoms with Gasteiger partial charge < -0.3 is 9.47 Å². The van der Waals surface area contributed by atoms with Gasteiger partial charge in [-0.15, -0.1) is 0 Å². The summed E-state index contributed by atoms with van der Waals surface area (Å²) in [6.45, 7) is 0.707. The molecule has 1 fully saturated rings. The zero-order chi connectivity index (χ0) is 10.9. The van der Waals surface area contributed by atoms with Crippen molar-refractivity contribution in [3.63, 3.8) is 0 Å². The molecule has 0 heterocycles. The van der Waals surface area contributed by atoms with Crippen LogP contribution in [0.25, 0.3) is 0 Å². The summed E-state index contributed by atoms with van der Waals surface area (Å²) in [7, 11) is 0. The second-order valence-corrected chi connectivity index (χ2v) is 3.69. The predicted octanol–water partition coefficient (Wildman–Crippen LogP) is 1.79. The third kappa shape index (κ3) is 5.38. The summed E-state index contributed by atoms with van der Waals surface area (Å²) in [5.74, 6) is -0.468. The third-order valence-corrected chi connectivity index (χ3v) is 2.48. The van der Waals surface area contributed by atoms with E-state index in [2.05, 4.69) is 0 Å². The van der Waals surface area contributed by atoms with Crippen molar-refractivity contribution in [2.24, 2.45) is 0 Å². The molecule has 15 heavy (non-hydrogen) atoms. The minimum absolute atomic E-state index is 0.177. The lowest BCUT2D eigenvalue weighted by molar-refractivity contribution is -0.144. The number of ether oxygens (including phenoxy) is 2. The van der Waals surface area contributed by atoms with Crippen molar-refractivity contribution in [3.05, 3.63) is 0 Å². The predicted molar refractivity (Wildman–Crippen MR) is 54.0 cm³/mol. The van der Waals surface area contributed by atoms with Crippen molar-refractivity contribution in [1.82, 2.24) is 0 Å². The van der Waals surface area contributed by atoms with E-state index in [1.54, 1.807) is 6.07 Å². The van der Waals surface area contributed by atoms with Crippen LogP contribution >= 0.6 is 0 Å². The van der Waals surface area contributed by atoms with Gasteiger partial charge in [-0.05, 0) is 12.8 Å². The number of hydrogen-bond donors (Lipinski definition) is 0. The topological polar surface area (TPSA) is 59.3 Å². The molecule has 0 aromatic carbocycles. The monoisotopic (exact) mass is 211 g/mol. The second kappa shape index (κ2) is 7.24. The molecule has 0 atom stereocenters. The molecule has 4 heteroatoms. The fourth-order valence-electron chi connectivity index (χ4n) is 1.72. The SMILES string of the molecule is N#CCC(=O)OCCOC1CCCCC1. The standard InChI is InChI=1S/C11H17NO3/c12-7-6-11(13)15-9-8-14-10-4-2-1-3-5-10/h10H,1-6,8-9H2. The Morgan fingerprint density at radius 2 is 2.00 bits per heavy atom. The summed E-state index contributed by atoms with van der Waals surface area (Å²) in [5.41, 5.74) is 0. The zero-order valence-corrected chi connectivity index (χ0v) is 8.91. The molecule has 0 radical (unpaired) electrons. The van der Waals surface area contributed by atoms with Crippen LogP contribution in [-0.4, -0.2) is 25.3 Å². The van der Waals surface area contributed by atoms with Crippen LogP contribution in [0.4, 0.5) is 0 Å². The maximum Gasteiger partial charge on any atom is 0.320 e. The molecule has 1 aliphatic carbocycles. The van der Waals surface area contributed by atoms with Crippen molar-refractivity contribution < 1.29 is 14.3 Å². The molecule has 0 aromatic heterocycles. The molecule has 0 N–H and O–H groups in total. The van der Waals surface area contributed by atoms with Crippen molar-refractivity contribution >= 4 is 5.97 Å². The first-order valence-electron chi connectivity index (χ1n) is 5.47. The Balaban J connectivity index is 1.96. The number of rotatable bonds is 5. The van der Waals surface area contributed by atoms with Crippen molar-refractivity contribution in [2.75, 3.05) is 13.2 Å². The molecule has 1 rings (SSSR count). The molecule has 0 amide bonds. The van der Waals surface area contributed by atoms with E-state index in [9.17, 15) is 4.79 Å². The molecule has 4 nitrogen and oxygen atoms in total. The molecular weight excluding hydrogens is 194 g/mol. The first-order chi connectivity index (χ1) is 7.33. The molecule has 1 saturated carbocycles. The average molecular weight is 211 g/mol. The summed E-state index contributed by atoms with van der Waals surface area (Å²) in [6, 6.07) is 1.74. The molecule has 0 bridgehead atoms. The van der Waals surface area contributed by atoms with Gasteiger partial charge in [0.05, 0.1) is 18.8 Å². The highest BCUT2D eigenvalue weighted by molar-refractivity contribution is 5.71. The number of esters is 1. The number of nitriles is 1. The average Bonchev–Trinajstić information content (AvgIpc) is 2.26. The van der Waals surface area contributed by atoms with Crippen LogP contribution in [0.5, 0.6) is 0 Å². The Kier molecular flexibility index (Phi) is 5.79. The van der Waals surface area contributed by atoms with Crippen LogP contribution in [0.3, 0.4) is 0 Å². The van der Waals surface area contributed by atoms with Gasteiger partial charge >= 0.3 is 5.97 Å². The Labute approximate surface area is 90.2 Å². The number of carbonyl (C=O) groups is 1. The van der Waals surface area contributed by atoms with Gasteiger partial charge in [0.15, 0.2) is 0 Å².